The molecule has 1 heterocycles. The second-order valence-corrected chi connectivity index (χ2v) is 12.2. The third-order valence-corrected chi connectivity index (χ3v) is 9.43. The predicted octanol–water partition coefficient (Wildman–Crippen LogP) is 10.8. The van der Waals surface area contributed by atoms with Crippen molar-refractivity contribution in [2.75, 3.05) is 19.1 Å². The number of methoxy groups -OCH3 is 2. The van der Waals surface area contributed by atoms with E-state index in [1.54, 1.807) is 14.2 Å². The van der Waals surface area contributed by atoms with E-state index in [4.69, 9.17) is 9.47 Å². The topological polar surface area (TPSA) is 37.5 Å². The van der Waals surface area contributed by atoms with Crippen molar-refractivity contribution < 1.29 is 9.47 Å². The molecule has 0 fully saturated rings. The number of para-hydroxylation sites is 2. The van der Waals surface area contributed by atoms with Gasteiger partial charge < -0.3 is 19.4 Å². The van der Waals surface area contributed by atoms with Crippen LogP contribution < -0.4 is 14.4 Å². The van der Waals surface area contributed by atoms with E-state index in [9.17, 15) is 0 Å². The molecule has 4 nitrogen and oxygen atoms in total. The van der Waals surface area contributed by atoms with Crippen LogP contribution >= 0.6 is 0 Å². The lowest BCUT2D eigenvalue weighted by Crippen LogP contribution is -2.16. The highest BCUT2D eigenvalue weighted by Gasteiger charge is 2.36. The molecule has 0 radical (unpaired) electrons. The molecule has 8 rings (SSSR count). The summed E-state index contributed by atoms with van der Waals surface area (Å²) < 4.78 is 10.9. The molecule has 45 heavy (non-hydrogen) atoms. The van der Waals surface area contributed by atoms with Crippen molar-refractivity contribution in [3.05, 3.63) is 139 Å². The molecule has 220 valence electrons. The molecular weight excluding hydrogens is 552 g/mol. The lowest BCUT2D eigenvalue weighted by molar-refractivity contribution is 0.415. The van der Waals surface area contributed by atoms with Gasteiger partial charge in [0.15, 0.2) is 0 Å². The van der Waals surface area contributed by atoms with E-state index in [1.807, 2.05) is 24.3 Å². The van der Waals surface area contributed by atoms with Crippen LogP contribution in [0.15, 0.2) is 127 Å². The van der Waals surface area contributed by atoms with Gasteiger partial charge in [0.1, 0.15) is 11.5 Å². The summed E-state index contributed by atoms with van der Waals surface area (Å²) in [5.74, 6) is 1.66. The van der Waals surface area contributed by atoms with E-state index >= 15 is 0 Å². The summed E-state index contributed by atoms with van der Waals surface area (Å²) in [7, 11) is 3.39. The van der Waals surface area contributed by atoms with Crippen LogP contribution in [0.1, 0.15) is 25.0 Å². The number of rotatable bonds is 6. The molecule has 1 aliphatic carbocycles. The molecule has 0 unspecified atom stereocenters. The molecule has 0 spiro atoms. The number of nitrogens with one attached hydrogen (secondary N) is 1. The molecular formula is C41H34N2O2. The zero-order chi connectivity index (χ0) is 30.7. The third kappa shape index (κ3) is 4.28. The van der Waals surface area contributed by atoms with Gasteiger partial charge in [-0.05, 0) is 101 Å². The molecule has 0 amide bonds. The summed E-state index contributed by atoms with van der Waals surface area (Å²) in [5.41, 5.74) is 13.1. The Bertz CT molecular complexity index is 2160. The number of fused-ring (bicyclic) bond motifs is 6. The molecule has 4 heteroatoms. The molecule has 0 saturated carbocycles. The third-order valence-electron chi connectivity index (χ3n) is 9.43. The van der Waals surface area contributed by atoms with Gasteiger partial charge in [0.25, 0.3) is 0 Å². The SMILES string of the molecule is COc1ccc(N(c2ccc(OC)cc2)c2ccc3c(c2)C(C)(C)c2cc(-c4cccc5c4[nH]c4ccccc45)ccc2-3)cc1. The molecule has 1 N–H and O–H groups in total. The zero-order valence-electron chi connectivity index (χ0n) is 25.9. The summed E-state index contributed by atoms with van der Waals surface area (Å²) in [5, 5.41) is 2.52. The Morgan fingerprint density at radius 1 is 0.533 bits per heavy atom. The van der Waals surface area contributed by atoms with Gasteiger partial charge in [-0.15, -0.1) is 0 Å². The number of hydrogen-bond acceptors (Lipinski definition) is 3. The Morgan fingerprint density at radius 2 is 1.11 bits per heavy atom. The first kappa shape index (κ1) is 27.1. The largest absolute Gasteiger partial charge is 0.497 e. The molecule has 7 aromatic rings. The maximum atomic E-state index is 5.46. The summed E-state index contributed by atoms with van der Waals surface area (Å²) in [6.07, 6.45) is 0. The molecule has 0 saturated heterocycles. The van der Waals surface area contributed by atoms with Gasteiger partial charge in [-0.3, -0.25) is 0 Å². The van der Waals surface area contributed by atoms with Crippen molar-refractivity contribution >= 4 is 38.9 Å². The molecule has 1 aliphatic rings. The predicted molar refractivity (Wildman–Crippen MR) is 187 cm³/mol. The van der Waals surface area contributed by atoms with Crippen LogP contribution in [-0.4, -0.2) is 19.2 Å². The van der Waals surface area contributed by atoms with Crippen LogP contribution in [0.3, 0.4) is 0 Å². The Morgan fingerprint density at radius 3 is 1.78 bits per heavy atom. The van der Waals surface area contributed by atoms with Crippen molar-refractivity contribution in [3.63, 3.8) is 0 Å². The quantitative estimate of drug-likeness (QED) is 0.211. The number of aromatic amines is 1. The lowest BCUT2D eigenvalue weighted by atomic mass is 9.81. The van der Waals surface area contributed by atoms with Gasteiger partial charge in [0, 0.05) is 44.3 Å². The number of ether oxygens (including phenoxy) is 2. The van der Waals surface area contributed by atoms with E-state index in [0.717, 1.165) is 28.6 Å². The highest BCUT2D eigenvalue weighted by molar-refractivity contribution is 6.12. The highest BCUT2D eigenvalue weighted by Crippen LogP contribution is 2.52. The highest BCUT2D eigenvalue weighted by atomic mass is 16.5. The zero-order valence-corrected chi connectivity index (χ0v) is 25.9. The van der Waals surface area contributed by atoms with E-state index in [-0.39, 0.29) is 5.41 Å². The Kier molecular flexibility index (Phi) is 6.21. The molecule has 1 aromatic heterocycles. The standard InChI is InChI=1S/C41H34N2O2/c1-41(2)37-24-26(32-9-7-10-36-35-8-5-6-11-39(35)42-40(32)36)12-22-33(37)34-23-17-29(25-38(34)41)43(27-13-18-30(44-3)19-14-27)28-15-20-31(45-4)21-16-28/h5-25,42H,1-4H3. The van der Waals surface area contributed by atoms with E-state index < -0.39 is 0 Å². The van der Waals surface area contributed by atoms with Crippen LogP contribution in [-0.2, 0) is 5.41 Å². The van der Waals surface area contributed by atoms with Crippen molar-refractivity contribution in [1.82, 2.24) is 4.98 Å². The van der Waals surface area contributed by atoms with Crippen molar-refractivity contribution in [1.29, 1.82) is 0 Å². The minimum absolute atomic E-state index is 0.184. The summed E-state index contributed by atoms with van der Waals surface area (Å²) in [4.78, 5) is 5.99. The average molecular weight is 587 g/mol. The lowest BCUT2D eigenvalue weighted by Gasteiger charge is -2.28. The van der Waals surface area contributed by atoms with Crippen molar-refractivity contribution in [3.8, 4) is 33.8 Å². The first-order valence-electron chi connectivity index (χ1n) is 15.3. The first-order chi connectivity index (χ1) is 22.0. The van der Waals surface area contributed by atoms with Gasteiger partial charge in [0.05, 0.1) is 19.7 Å². The van der Waals surface area contributed by atoms with Crippen LogP contribution in [0.2, 0.25) is 0 Å². The number of hydrogen-bond donors (Lipinski definition) is 1. The van der Waals surface area contributed by atoms with E-state index in [0.29, 0.717) is 0 Å². The maximum absolute atomic E-state index is 5.46. The van der Waals surface area contributed by atoms with Gasteiger partial charge in [0.2, 0.25) is 0 Å². The second kappa shape index (κ2) is 10.3. The fourth-order valence-corrected chi connectivity index (χ4v) is 7.06. The van der Waals surface area contributed by atoms with E-state index in [1.165, 1.54) is 55.2 Å². The number of aromatic nitrogens is 1. The Hall–Kier alpha value is -5.48. The molecule has 6 aromatic carbocycles. The fourth-order valence-electron chi connectivity index (χ4n) is 7.06. The first-order valence-corrected chi connectivity index (χ1v) is 15.3. The average Bonchev–Trinajstić information content (AvgIpc) is 3.57. The number of benzene rings is 6. The van der Waals surface area contributed by atoms with Crippen molar-refractivity contribution in [2.24, 2.45) is 0 Å². The van der Waals surface area contributed by atoms with Crippen LogP contribution in [0, 0.1) is 0 Å². The summed E-state index contributed by atoms with van der Waals surface area (Å²) >= 11 is 0. The van der Waals surface area contributed by atoms with Crippen LogP contribution in [0.25, 0.3) is 44.1 Å². The van der Waals surface area contributed by atoms with Crippen LogP contribution in [0.4, 0.5) is 17.1 Å². The number of anilines is 3. The molecule has 0 atom stereocenters. The second-order valence-electron chi connectivity index (χ2n) is 12.2. The van der Waals surface area contributed by atoms with Crippen molar-refractivity contribution in [2.45, 2.75) is 19.3 Å². The smallest absolute Gasteiger partial charge is 0.119 e. The monoisotopic (exact) mass is 586 g/mol. The molecule has 0 bridgehead atoms. The van der Waals surface area contributed by atoms with Gasteiger partial charge in [-0.2, -0.15) is 0 Å². The Labute approximate surface area is 263 Å². The van der Waals surface area contributed by atoms with Crippen LogP contribution in [0.5, 0.6) is 11.5 Å². The minimum Gasteiger partial charge on any atom is -0.497 e. The number of H-pyrrole nitrogens is 1. The van der Waals surface area contributed by atoms with Gasteiger partial charge in [-0.1, -0.05) is 68.4 Å². The maximum Gasteiger partial charge on any atom is 0.119 e. The Balaban J connectivity index is 1.23. The van der Waals surface area contributed by atoms with Gasteiger partial charge in [-0.25, -0.2) is 0 Å². The summed E-state index contributed by atoms with van der Waals surface area (Å²) in [6.45, 7) is 4.69. The summed E-state index contributed by atoms with van der Waals surface area (Å²) in [6, 6.07) is 45.5. The van der Waals surface area contributed by atoms with E-state index in [2.05, 4.69) is 127 Å². The number of nitrogens with zero attached hydrogens (tertiary/aromatic N) is 1. The minimum atomic E-state index is -0.184. The fraction of sp³-hybridized carbons (Fsp3) is 0.122. The normalized spacial score (nSPS) is 13.1. The molecule has 0 aliphatic heterocycles. The van der Waals surface area contributed by atoms with Gasteiger partial charge >= 0.3 is 0 Å².